The summed E-state index contributed by atoms with van der Waals surface area (Å²) >= 11 is 3.32. The topological polar surface area (TPSA) is 73.4 Å². The Balaban J connectivity index is 2.24. The first-order valence-corrected chi connectivity index (χ1v) is 7.01. The van der Waals surface area contributed by atoms with Crippen LogP contribution >= 0.6 is 15.9 Å². The van der Waals surface area contributed by atoms with Crippen molar-refractivity contribution in [3.05, 3.63) is 10.3 Å². The van der Waals surface area contributed by atoms with E-state index in [1.165, 1.54) is 0 Å². The highest BCUT2D eigenvalue weighted by atomic mass is 79.9. The average Bonchev–Trinajstić information content (AvgIpc) is 2.53. The monoisotopic (exact) mass is 330 g/mol. The summed E-state index contributed by atoms with van der Waals surface area (Å²) in [5.41, 5.74) is 6.93. The van der Waals surface area contributed by atoms with Gasteiger partial charge in [-0.15, -0.1) is 0 Å². The summed E-state index contributed by atoms with van der Waals surface area (Å²) in [6.45, 7) is 8.68. The molecule has 1 aromatic rings. The molecule has 0 fully saturated rings. The first kappa shape index (κ1) is 14.2. The molecule has 7 heteroatoms. The van der Waals surface area contributed by atoms with Crippen molar-refractivity contribution in [1.82, 2.24) is 14.7 Å². The van der Waals surface area contributed by atoms with Crippen molar-refractivity contribution in [3.8, 4) is 0 Å². The summed E-state index contributed by atoms with van der Waals surface area (Å²) < 4.78 is 7.88. The molecule has 1 aromatic heterocycles. The van der Waals surface area contributed by atoms with Gasteiger partial charge >= 0.3 is 6.09 Å². The lowest BCUT2D eigenvalue weighted by Gasteiger charge is -2.35. The van der Waals surface area contributed by atoms with E-state index in [9.17, 15) is 4.79 Å². The third-order valence-corrected chi connectivity index (χ3v) is 3.61. The van der Waals surface area contributed by atoms with Crippen LogP contribution in [-0.4, -0.2) is 32.9 Å². The number of nitrogens with zero attached hydrogens (tertiary/aromatic N) is 3. The van der Waals surface area contributed by atoms with Crippen LogP contribution in [0.25, 0.3) is 0 Å². The van der Waals surface area contributed by atoms with Crippen LogP contribution in [0.3, 0.4) is 0 Å². The molecule has 2 N–H and O–H groups in total. The minimum absolute atomic E-state index is 0.151. The van der Waals surface area contributed by atoms with Crippen molar-refractivity contribution in [1.29, 1.82) is 0 Å². The molecule has 0 spiro atoms. The summed E-state index contributed by atoms with van der Waals surface area (Å²) in [7, 11) is 0. The number of ether oxygens (including phenoxy) is 1. The van der Waals surface area contributed by atoms with Gasteiger partial charge in [0, 0.05) is 6.54 Å². The maximum absolute atomic E-state index is 12.2. The standard InChI is InChI=1S/C12H19BrN4O2/c1-7-9-8(14)10(13)15-17(9)6-5-16(7)11(18)19-12(2,3)4/h7H,5-6,14H2,1-4H3. The zero-order valence-corrected chi connectivity index (χ0v) is 13.2. The Hall–Kier alpha value is -1.24. The average molecular weight is 331 g/mol. The molecule has 1 atom stereocenters. The number of rotatable bonds is 0. The van der Waals surface area contributed by atoms with Crippen LogP contribution in [-0.2, 0) is 11.3 Å². The molecule has 1 unspecified atom stereocenters. The highest BCUT2D eigenvalue weighted by molar-refractivity contribution is 9.10. The number of amides is 1. The van der Waals surface area contributed by atoms with E-state index in [1.54, 1.807) is 4.90 Å². The highest BCUT2D eigenvalue weighted by Gasteiger charge is 2.34. The number of nitrogens with two attached hydrogens (primary N) is 1. The molecule has 0 aromatic carbocycles. The molecule has 1 aliphatic rings. The summed E-state index contributed by atoms with van der Waals surface area (Å²) in [5.74, 6) is 0. The van der Waals surface area contributed by atoms with Crippen molar-refractivity contribution in [3.63, 3.8) is 0 Å². The van der Waals surface area contributed by atoms with Crippen molar-refractivity contribution in [2.24, 2.45) is 0 Å². The molecule has 1 aliphatic heterocycles. The van der Waals surface area contributed by atoms with E-state index in [4.69, 9.17) is 10.5 Å². The molecule has 6 nitrogen and oxygen atoms in total. The maximum atomic E-state index is 12.2. The van der Waals surface area contributed by atoms with Crippen LogP contribution in [0.5, 0.6) is 0 Å². The van der Waals surface area contributed by atoms with E-state index in [-0.39, 0.29) is 12.1 Å². The second-order valence-electron chi connectivity index (χ2n) is 5.66. The smallest absolute Gasteiger partial charge is 0.410 e. The van der Waals surface area contributed by atoms with Gasteiger partial charge in [0.15, 0.2) is 4.60 Å². The molecule has 0 saturated carbocycles. The van der Waals surface area contributed by atoms with Crippen LogP contribution in [0.2, 0.25) is 0 Å². The number of nitrogen functional groups attached to an aromatic ring is 1. The van der Waals surface area contributed by atoms with Crippen molar-refractivity contribution < 1.29 is 9.53 Å². The van der Waals surface area contributed by atoms with Gasteiger partial charge in [0.2, 0.25) is 0 Å². The molecule has 0 saturated heterocycles. The van der Waals surface area contributed by atoms with Crippen LogP contribution in [0.15, 0.2) is 4.60 Å². The predicted octanol–water partition coefficient (Wildman–Crippen LogP) is 2.54. The van der Waals surface area contributed by atoms with Gasteiger partial charge < -0.3 is 10.5 Å². The molecule has 2 rings (SSSR count). The zero-order valence-electron chi connectivity index (χ0n) is 11.6. The number of anilines is 1. The van der Waals surface area contributed by atoms with Gasteiger partial charge in [-0.2, -0.15) is 5.10 Å². The molecule has 1 amide bonds. The Morgan fingerprint density at radius 3 is 2.68 bits per heavy atom. The number of carbonyl (C=O) groups excluding carboxylic acids is 1. The number of fused-ring (bicyclic) bond motifs is 1. The number of hydrogen-bond donors (Lipinski definition) is 1. The number of carbonyl (C=O) groups is 1. The SMILES string of the molecule is CC1c2c(N)c(Br)nn2CCN1C(=O)OC(C)(C)C. The maximum Gasteiger partial charge on any atom is 0.410 e. The summed E-state index contributed by atoms with van der Waals surface area (Å²) in [5, 5.41) is 4.30. The van der Waals surface area contributed by atoms with Gasteiger partial charge in [0.05, 0.1) is 24.0 Å². The van der Waals surface area contributed by atoms with Gasteiger partial charge in [-0.05, 0) is 43.6 Å². The van der Waals surface area contributed by atoms with Crippen LogP contribution in [0.1, 0.15) is 39.4 Å². The molecular weight excluding hydrogens is 312 g/mol. The Labute approximate surface area is 121 Å². The van der Waals surface area contributed by atoms with E-state index in [0.717, 1.165) is 5.69 Å². The Morgan fingerprint density at radius 1 is 1.47 bits per heavy atom. The van der Waals surface area contributed by atoms with E-state index in [2.05, 4.69) is 21.0 Å². The zero-order chi connectivity index (χ0) is 14.4. The van der Waals surface area contributed by atoms with Crippen molar-refractivity contribution in [2.75, 3.05) is 12.3 Å². The molecule has 19 heavy (non-hydrogen) atoms. The number of halogens is 1. The van der Waals surface area contributed by atoms with Crippen molar-refractivity contribution in [2.45, 2.75) is 45.9 Å². The van der Waals surface area contributed by atoms with E-state index < -0.39 is 5.60 Å². The summed E-state index contributed by atoms with van der Waals surface area (Å²) in [6.07, 6.45) is -0.317. The van der Waals surface area contributed by atoms with Gasteiger partial charge in [-0.1, -0.05) is 0 Å². The molecule has 2 heterocycles. The molecule has 0 bridgehead atoms. The van der Waals surface area contributed by atoms with Gasteiger partial charge in [-0.25, -0.2) is 4.79 Å². The van der Waals surface area contributed by atoms with Crippen LogP contribution in [0, 0.1) is 0 Å². The second-order valence-corrected chi connectivity index (χ2v) is 6.41. The molecule has 0 aliphatic carbocycles. The number of aromatic nitrogens is 2. The van der Waals surface area contributed by atoms with Gasteiger partial charge in [0.25, 0.3) is 0 Å². The largest absolute Gasteiger partial charge is 0.444 e. The third-order valence-electron chi connectivity index (χ3n) is 3.03. The van der Waals surface area contributed by atoms with Gasteiger partial charge in [0.1, 0.15) is 5.60 Å². The lowest BCUT2D eigenvalue weighted by molar-refractivity contribution is 0.0121. The first-order valence-electron chi connectivity index (χ1n) is 6.22. The van der Waals surface area contributed by atoms with Gasteiger partial charge in [-0.3, -0.25) is 9.58 Å². The Kier molecular flexibility index (Phi) is 3.51. The fourth-order valence-corrected chi connectivity index (χ4v) is 2.58. The van der Waals surface area contributed by atoms with E-state index in [1.807, 2.05) is 32.4 Å². The fraction of sp³-hybridized carbons (Fsp3) is 0.667. The third kappa shape index (κ3) is 2.70. The molecule has 106 valence electrons. The minimum Gasteiger partial charge on any atom is -0.444 e. The number of hydrogen-bond acceptors (Lipinski definition) is 4. The second kappa shape index (κ2) is 4.70. The lowest BCUT2D eigenvalue weighted by Crippen LogP contribution is -2.44. The summed E-state index contributed by atoms with van der Waals surface area (Å²) in [4.78, 5) is 13.9. The normalized spacial score (nSPS) is 19.2. The van der Waals surface area contributed by atoms with Crippen LogP contribution < -0.4 is 5.73 Å². The predicted molar refractivity (Wildman–Crippen MR) is 75.7 cm³/mol. The fourth-order valence-electron chi connectivity index (χ4n) is 2.18. The lowest BCUT2D eigenvalue weighted by atomic mass is 10.1. The Bertz CT molecular complexity index is 507. The van der Waals surface area contributed by atoms with E-state index in [0.29, 0.717) is 23.4 Å². The van der Waals surface area contributed by atoms with Crippen LogP contribution in [0.4, 0.5) is 10.5 Å². The Morgan fingerprint density at radius 2 is 2.11 bits per heavy atom. The molecule has 0 radical (unpaired) electrons. The van der Waals surface area contributed by atoms with E-state index >= 15 is 0 Å². The summed E-state index contributed by atoms with van der Waals surface area (Å²) in [6, 6.07) is -0.151. The highest BCUT2D eigenvalue weighted by Crippen LogP contribution is 2.34. The first-order chi connectivity index (χ1) is 8.70. The van der Waals surface area contributed by atoms with Crippen molar-refractivity contribution >= 4 is 27.7 Å². The molecular formula is C12H19BrN4O2. The quantitative estimate of drug-likeness (QED) is 0.793. The minimum atomic E-state index is -0.499.